The molecular weight excluding hydrogens is 247 g/mol. The number of nitrogens with two attached hydrogens (primary N) is 1. The molecule has 0 aromatic heterocycles. The first kappa shape index (κ1) is 13.4. The van der Waals surface area contributed by atoms with Gasteiger partial charge in [-0.05, 0) is 12.6 Å². The van der Waals surface area contributed by atoms with Gasteiger partial charge in [0.1, 0.15) is 5.82 Å². The number of thiocarbonyl (C=S) groups is 1. The number of nitrogens with zero attached hydrogens (tertiary/aromatic N) is 1. The molecule has 0 saturated carbocycles. The quantitative estimate of drug-likeness (QED) is 0.826. The molecule has 5 heteroatoms. The minimum Gasteiger partial charge on any atom is -0.392 e. The van der Waals surface area contributed by atoms with E-state index in [1.54, 1.807) is 12.1 Å². The number of halogens is 2. The highest BCUT2D eigenvalue weighted by Crippen LogP contribution is 2.19. The van der Waals surface area contributed by atoms with Crippen LogP contribution in [0.1, 0.15) is 12.5 Å². The van der Waals surface area contributed by atoms with Crippen molar-refractivity contribution >= 4 is 28.8 Å². The van der Waals surface area contributed by atoms with Gasteiger partial charge in [0.15, 0.2) is 0 Å². The van der Waals surface area contributed by atoms with Crippen molar-refractivity contribution < 1.29 is 4.39 Å². The zero-order chi connectivity index (χ0) is 12.1. The van der Waals surface area contributed by atoms with Gasteiger partial charge in [0, 0.05) is 18.7 Å². The second kappa shape index (κ2) is 6.13. The fraction of sp³-hybridized carbons (Fsp3) is 0.364. The lowest BCUT2D eigenvalue weighted by molar-refractivity contribution is 0.315. The van der Waals surface area contributed by atoms with Crippen LogP contribution in [0.25, 0.3) is 0 Å². The van der Waals surface area contributed by atoms with E-state index in [0.29, 0.717) is 23.6 Å². The summed E-state index contributed by atoms with van der Waals surface area (Å²) >= 11 is 10.5. The predicted molar refractivity (Wildman–Crippen MR) is 69.1 cm³/mol. The summed E-state index contributed by atoms with van der Waals surface area (Å²) in [7, 11) is 0. The molecule has 0 bridgehead atoms. The first-order valence-corrected chi connectivity index (χ1v) is 5.76. The molecule has 2 nitrogen and oxygen atoms in total. The minimum absolute atomic E-state index is 0.142. The van der Waals surface area contributed by atoms with E-state index in [-0.39, 0.29) is 10.8 Å². The van der Waals surface area contributed by atoms with Crippen molar-refractivity contribution in [2.75, 3.05) is 13.1 Å². The van der Waals surface area contributed by atoms with Crippen molar-refractivity contribution in [3.05, 3.63) is 34.6 Å². The van der Waals surface area contributed by atoms with Crippen LogP contribution in [0.3, 0.4) is 0 Å². The summed E-state index contributed by atoms with van der Waals surface area (Å²) in [6.45, 7) is 3.67. The van der Waals surface area contributed by atoms with Gasteiger partial charge < -0.3 is 5.73 Å². The average Bonchev–Trinajstić information content (AvgIpc) is 2.23. The maximum atomic E-state index is 13.6. The molecule has 0 atom stereocenters. The maximum Gasteiger partial charge on any atom is 0.146 e. The number of benzene rings is 1. The second-order valence-corrected chi connectivity index (χ2v) is 4.41. The van der Waals surface area contributed by atoms with Crippen LogP contribution in [0.5, 0.6) is 0 Å². The summed E-state index contributed by atoms with van der Waals surface area (Å²) in [5, 5.41) is 0.142. The zero-order valence-corrected chi connectivity index (χ0v) is 10.6. The molecule has 0 spiro atoms. The smallest absolute Gasteiger partial charge is 0.146 e. The van der Waals surface area contributed by atoms with Crippen molar-refractivity contribution in [3.8, 4) is 0 Å². The summed E-state index contributed by atoms with van der Waals surface area (Å²) in [6.07, 6.45) is 0. The summed E-state index contributed by atoms with van der Waals surface area (Å²) in [5.74, 6) is -0.370. The van der Waals surface area contributed by atoms with Crippen LogP contribution < -0.4 is 5.73 Å². The van der Waals surface area contributed by atoms with Crippen molar-refractivity contribution in [1.29, 1.82) is 0 Å². The minimum atomic E-state index is -0.370. The molecule has 0 radical (unpaired) electrons. The third kappa shape index (κ3) is 3.70. The molecule has 88 valence electrons. The molecule has 0 aliphatic carbocycles. The lowest BCUT2D eigenvalue weighted by atomic mass is 10.2. The van der Waals surface area contributed by atoms with Gasteiger partial charge in [0.25, 0.3) is 0 Å². The van der Waals surface area contributed by atoms with E-state index in [9.17, 15) is 4.39 Å². The lowest BCUT2D eigenvalue weighted by Gasteiger charge is -2.20. The van der Waals surface area contributed by atoms with E-state index in [0.717, 1.165) is 6.54 Å². The van der Waals surface area contributed by atoms with Gasteiger partial charge in [-0.3, -0.25) is 4.90 Å². The zero-order valence-electron chi connectivity index (χ0n) is 9.04. The van der Waals surface area contributed by atoms with Gasteiger partial charge >= 0.3 is 0 Å². The van der Waals surface area contributed by atoms with Crippen LogP contribution in [0.4, 0.5) is 4.39 Å². The molecule has 2 N–H and O–H groups in total. The Morgan fingerprint density at radius 1 is 1.56 bits per heavy atom. The monoisotopic (exact) mass is 260 g/mol. The highest BCUT2D eigenvalue weighted by atomic mass is 35.5. The molecule has 1 rings (SSSR count). The van der Waals surface area contributed by atoms with Crippen molar-refractivity contribution in [2.24, 2.45) is 5.73 Å². The third-order valence-corrected chi connectivity index (χ3v) is 2.67. The van der Waals surface area contributed by atoms with Crippen molar-refractivity contribution in [1.82, 2.24) is 4.90 Å². The summed E-state index contributed by atoms with van der Waals surface area (Å²) in [4.78, 5) is 2.36. The lowest BCUT2D eigenvalue weighted by Crippen LogP contribution is -2.32. The van der Waals surface area contributed by atoms with E-state index in [1.807, 2.05) is 11.8 Å². The Kier molecular flexibility index (Phi) is 5.12. The number of likely N-dealkylation sites (N-methyl/N-ethyl adjacent to an activating group) is 1. The Morgan fingerprint density at radius 2 is 2.25 bits per heavy atom. The first-order valence-electron chi connectivity index (χ1n) is 4.98. The molecule has 0 amide bonds. The number of rotatable bonds is 5. The predicted octanol–water partition coefficient (Wildman–Crippen LogP) is 2.59. The SMILES string of the molecule is CCN(CC(N)=S)Cc1cccc(Cl)c1F. The second-order valence-electron chi connectivity index (χ2n) is 3.48. The molecule has 0 aliphatic rings. The Hall–Kier alpha value is -0.710. The fourth-order valence-corrected chi connectivity index (χ4v) is 1.79. The third-order valence-electron chi connectivity index (χ3n) is 2.25. The van der Waals surface area contributed by atoms with E-state index in [1.165, 1.54) is 6.07 Å². The normalized spacial score (nSPS) is 10.8. The Labute approximate surface area is 105 Å². The van der Waals surface area contributed by atoms with Crippen molar-refractivity contribution in [2.45, 2.75) is 13.5 Å². The molecule has 1 aromatic carbocycles. The van der Waals surface area contributed by atoms with E-state index in [2.05, 4.69) is 0 Å². The summed E-state index contributed by atoms with van der Waals surface area (Å²) < 4.78 is 13.6. The maximum absolute atomic E-state index is 13.6. The molecule has 0 aliphatic heterocycles. The van der Waals surface area contributed by atoms with Gasteiger partial charge in [-0.2, -0.15) is 0 Å². The van der Waals surface area contributed by atoms with Gasteiger partial charge in [-0.1, -0.05) is 42.9 Å². The van der Waals surface area contributed by atoms with Gasteiger partial charge in [-0.25, -0.2) is 4.39 Å². The van der Waals surface area contributed by atoms with E-state index in [4.69, 9.17) is 29.6 Å². The van der Waals surface area contributed by atoms with Crippen molar-refractivity contribution in [3.63, 3.8) is 0 Å². The number of hydrogen-bond acceptors (Lipinski definition) is 2. The van der Waals surface area contributed by atoms with Crippen LogP contribution in [0.2, 0.25) is 5.02 Å². The first-order chi connectivity index (χ1) is 7.54. The van der Waals surface area contributed by atoms with E-state index < -0.39 is 0 Å². The standard InChI is InChI=1S/C11H14ClFN2S/c1-2-15(7-10(14)16)6-8-4-3-5-9(12)11(8)13/h3-5H,2,6-7H2,1H3,(H2,14,16). The summed E-state index contributed by atoms with van der Waals surface area (Å²) in [5.41, 5.74) is 6.02. The number of hydrogen-bond donors (Lipinski definition) is 1. The molecule has 1 aromatic rings. The average molecular weight is 261 g/mol. The van der Waals surface area contributed by atoms with Gasteiger partial charge in [-0.15, -0.1) is 0 Å². The largest absolute Gasteiger partial charge is 0.392 e. The molecule has 16 heavy (non-hydrogen) atoms. The topological polar surface area (TPSA) is 29.3 Å². The van der Waals surface area contributed by atoms with Gasteiger partial charge in [0.05, 0.1) is 10.0 Å². The Morgan fingerprint density at radius 3 is 2.81 bits per heavy atom. The van der Waals surface area contributed by atoms with Crippen LogP contribution in [-0.4, -0.2) is 23.0 Å². The highest BCUT2D eigenvalue weighted by Gasteiger charge is 2.10. The van der Waals surface area contributed by atoms with Crippen LogP contribution in [0.15, 0.2) is 18.2 Å². The molecule has 0 saturated heterocycles. The van der Waals surface area contributed by atoms with Gasteiger partial charge in [0.2, 0.25) is 0 Å². The molecular formula is C11H14ClFN2S. The van der Waals surface area contributed by atoms with Crippen LogP contribution in [-0.2, 0) is 6.54 Å². The van der Waals surface area contributed by atoms with Crippen LogP contribution >= 0.6 is 23.8 Å². The highest BCUT2D eigenvalue weighted by molar-refractivity contribution is 7.80. The Balaban J connectivity index is 2.77. The van der Waals surface area contributed by atoms with E-state index >= 15 is 0 Å². The fourth-order valence-electron chi connectivity index (χ4n) is 1.41. The molecule has 0 fully saturated rings. The molecule has 0 heterocycles. The summed E-state index contributed by atoms with van der Waals surface area (Å²) in [6, 6.07) is 4.98. The Bertz CT molecular complexity index is 384. The molecule has 0 unspecified atom stereocenters. The van der Waals surface area contributed by atoms with Crippen LogP contribution in [0, 0.1) is 5.82 Å².